The Bertz CT molecular complexity index is 871. The Balaban J connectivity index is 1.58. The number of nitrogens with zero attached hydrogens (tertiary/aromatic N) is 2. The van der Waals surface area contributed by atoms with Gasteiger partial charge in [0.05, 0.1) is 18.9 Å². The second-order valence-electron chi connectivity index (χ2n) is 6.10. The van der Waals surface area contributed by atoms with E-state index in [0.717, 1.165) is 54.3 Å². The maximum absolute atomic E-state index is 13.3. The summed E-state index contributed by atoms with van der Waals surface area (Å²) in [7, 11) is 0. The summed E-state index contributed by atoms with van der Waals surface area (Å²) in [6.45, 7) is 5.50. The van der Waals surface area contributed by atoms with E-state index in [1.807, 2.05) is 12.1 Å². The summed E-state index contributed by atoms with van der Waals surface area (Å²) in [5.74, 6) is -0.194. The van der Waals surface area contributed by atoms with E-state index in [1.54, 1.807) is 17.4 Å². The Labute approximate surface area is 144 Å². The number of hydrogen-bond acceptors (Lipinski definition) is 4. The zero-order valence-corrected chi connectivity index (χ0v) is 14.4. The number of benzene rings is 2. The molecule has 0 saturated carbocycles. The quantitative estimate of drug-likeness (QED) is 0.714. The average Bonchev–Trinajstić information content (AvgIpc) is 2.97. The Morgan fingerprint density at radius 1 is 1.12 bits per heavy atom. The first-order chi connectivity index (χ1) is 11.7. The number of rotatable bonds is 3. The van der Waals surface area contributed by atoms with Gasteiger partial charge in [0.1, 0.15) is 5.82 Å². The molecule has 0 bridgehead atoms. The van der Waals surface area contributed by atoms with Crippen molar-refractivity contribution in [2.24, 2.45) is 0 Å². The van der Waals surface area contributed by atoms with Crippen molar-refractivity contribution in [3.63, 3.8) is 0 Å². The highest BCUT2D eigenvalue weighted by atomic mass is 32.1. The minimum atomic E-state index is -0.194. The molecule has 3 aromatic rings. The lowest BCUT2D eigenvalue weighted by Crippen LogP contribution is -2.36. The number of morpholine rings is 1. The summed E-state index contributed by atoms with van der Waals surface area (Å²) in [5.41, 5.74) is 2.33. The molecule has 0 radical (unpaired) electrons. The van der Waals surface area contributed by atoms with Gasteiger partial charge in [0, 0.05) is 24.4 Å². The van der Waals surface area contributed by atoms with Crippen molar-refractivity contribution in [3.05, 3.63) is 58.3 Å². The molecule has 124 valence electrons. The van der Waals surface area contributed by atoms with E-state index in [1.165, 1.54) is 16.5 Å². The molecule has 1 saturated heterocycles. The highest BCUT2D eigenvalue weighted by molar-refractivity contribution is 7.15. The van der Waals surface area contributed by atoms with E-state index in [0.29, 0.717) is 0 Å². The molecule has 3 nitrogen and oxygen atoms in total. The van der Waals surface area contributed by atoms with Crippen molar-refractivity contribution in [2.45, 2.75) is 13.3 Å². The van der Waals surface area contributed by atoms with Crippen LogP contribution in [0.1, 0.15) is 16.1 Å². The summed E-state index contributed by atoms with van der Waals surface area (Å²) in [6.07, 6.45) is 0.806. The SMILES string of the molecule is Cc1sc(N2CCOCC2)nc1Cc1ccc2cc(F)ccc2c1. The Morgan fingerprint density at radius 3 is 2.71 bits per heavy atom. The number of hydrogen-bond donors (Lipinski definition) is 0. The van der Waals surface area contributed by atoms with Crippen LogP contribution in [-0.2, 0) is 11.2 Å². The van der Waals surface area contributed by atoms with Crippen LogP contribution in [0.2, 0.25) is 0 Å². The molecule has 0 aliphatic carbocycles. The first-order valence-electron chi connectivity index (χ1n) is 8.16. The number of ether oxygens (including phenoxy) is 1. The molecule has 0 N–H and O–H groups in total. The van der Waals surface area contributed by atoms with Crippen molar-refractivity contribution in [1.29, 1.82) is 0 Å². The molecule has 1 aliphatic heterocycles. The fraction of sp³-hybridized carbons (Fsp3) is 0.316. The van der Waals surface area contributed by atoms with Gasteiger partial charge < -0.3 is 9.64 Å². The van der Waals surface area contributed by atoms with Crippen LogP contribution in [0.4, 0.5) is 9.52 Å². The lowest BCUT2D eigenvalue weighted by molar-refractivity contribution is 0.122. The normalized spacial score (nSPS) is 15.2. The zero-order chi connectivity index (χ0) is 16.5. The molecule has 4 rings (SSSR count). The highest BCUT2D eigenvalue weighted by Gasteiger charge is 2.17. The van der Waals surface area contributed by atoms with Crippen LogP contribution >= 0.6 is 11.3 Å². The fourth-order valence-corrected chi connectivity index (χ4v) is 4.01. The van der Waals surface area contributed by atoms with E-state index in [2.05, 4.69) is 24.0 Å². The second-order valence-corrected chi connectivity index (χ2v) is 7.28. The molecule has 2 heterocycles. The van der Waals surface area contributed by atoms with Gasteiger partial charge in [-0.05, 0) is 35.4 Å². The van der Waals surface area contributed by atoms with Gasteiger partial charge in [0.15, 0.2) is 5.13 Å². The Kier molecular flexibility index (Phi) is 4.21. The number of anilines is 1. The van der Waals surface area contributed by atoms with Gasteiger partial charge in [-0.1, -0.05) is 24.3 Å². The monoisotopic (exact) mass is 342 g/mol. The summed E-state index contributed by atoms with van der Waals surface area (Å²) in [6, 6.07) is 11.1. The van der Waals surface area contributed by atoms with E-state index < -0.39 is 0 Å². The smallest absolute Gasteiger partial charge is 0.185 e. The molecule has 24 heavy (non-hydrogen) atoms. The Morgan fingerprint density at radius 2 is 1.88 bits per heavy atom. The summed E-state index contributed by atoms with van der Waals surface area (Å²) < 4.78 is 18.7. The summed E-state index contributed by atoms with van der Waals surface area (Å²) in [5, 5.41) is 3.09. The topological polar surface area (TPSA) is 25.4 Å². The van der Waals surface area contributed by atoms with Gasteiger partial charge >= 0.3 is 0 Å². The second kappa shape index (κ2) is 6.49. The molecule has 1 aliphatic rings. The number of thiazole rings is 1. The summed E-state index contributed by atoms with van der Waals surface area (Å²) >= 11 is 1.76. The third kappa shape index (κ3) is 3.14. The molecular weight excluding hydrogens is 323 g/mol. The minimum absolute atomic E-state index is 0.194. The third-order valence-electron chi connectivity index (χ3n) is 4.40. The zero-order valence-electron chi connectivity index (χ0n) is 13.6. The van der Waals surface area contributed by atoms with Gasteiger partial charge in [-0.3, -0.25) is 0 Å². The molecule has 1 fully saturated rings. The van der Waals surface area contributed by atoms with Gasteiger partial charge in [-0.25, -0.2) is 9.37 Å². The number of aromatic nitrogens is 1. The molecule has 0 amide bonds. The maximum Gasteiger partial charge on any atom is 0.185 e. The predicted molar refractivity (Wildman–Crippen MR) is 96.6 cm³/mol. The van der Waals surface area contributed by atoms with E-state index in [-0.39, 0.29) is 5.82 Å². The van der Waals surface area contributed by atoms with Crippen molar-refractivity contribution in [3.8, 4) is 0 Å². The molecule has 5 heteroatoms. The fourth-order valence-electron chi connectivity index (χ4n) is 3.04. The van der Waals surface area contributed by atoms with Gasteiger partial charge in [-0.15, -0.1) is 11.3 Å². The Hall–Kier alpha value is -1.98. The van der Waals surface area contributed by atoms with Crippen LogP contribution in [0.3, 0.4) is 0 Å². The predicted octanol–water partition coefficient (Wildman–Crippen LogP) is 4.17. The first kappa shape index (κ1) is 15.5. The molecule has 2 aromatic carbocycles. The van der Waals surface area contributed by atoms with Gasteiger partial charge in [-0.2, -0.15) is 0 Å². The number of fused-ring (bicyclic) bond motifs is 1. The van der Waals surface area contributed by atoms with Crippen LogP contribution < -0.4 is 4.90 Å². The van der Waals surface area contributed by atoms with Crippen LogP contribution in [-0.4, -0.2) is 31.3 Å². The molecule has 0 atom stereocenters. The molecule has 0 unspecified atom stereocenters. The van der Waals surface area contributed by atoms with E-state index >= 15 is 0 Å². The molecular formula is C19H19FN2OS. The maximum atomic E-state index is 13.3. The number of aryl methyl sites for hydroxylation is 1. The van der Waals surface area contributed by atoms with Crippen LogP contribution in [0.5, 0.6) is 0 Å². The van der Waals surface area contributed by atoms with Crippen LogP contribution in [0, 0.1) is 12.7 Å². The van der Waals surface area contributed by atoms with Crippen molar-refractivity contribution >= 4 is 27.2 Å². The van der Waals surface area contributed by atoms with Crippen molar-refractivity contribution < 1.29 is 9.13 Å². The third-order valence-corrected chi connectivity index (χ3v) is 5.48. The van der Waals surface area contributed by atoms with E-state index in [4.69, 9.17) is 9.72 Å². The average molecular weight is 342 g/mol. The van der Waals surface area contributed by atoms with Gasteiger partial charge in [0.25, 0.3) is 0 Å². The van der Waals surface area contributed by atoms with Crippen molar-refractivity contribution in [2.75, 3.05) is 31.2 Å². The highest BCUT2D eigenvalue weighted by Crippen LogP contribution is 2.28. The first-order valence-corrected chi connectivity index (χ1v) is 8.98. The van der Waals surface area contributed by atoms with Crippen LogP contribution in [0.25, 0.3) is 10.8 Å². The van der Waals surface area contributed by atoms with Gasteiger partial charge in [0.2, 0.25) is 0 Å². The van der Waals surface area contributed by atoms with E-state index in [9.17, 15) is 4.39 Å². The van der Waals surface area contributed by atoms with Crippen LogP contribution in [0.15, 0.2) is 36.4 Å². The standard InChI is InChI=1S/C19H19FN2OS/c1-13-18(21-19(24-13)22-6-8-23-9-7-22)11-14-2-3-16-12-17(20)5-4-15(16)10-14/h2-5,10,12H,6-9,11H2,1H3. The molecule has 0 spiro atoms. The minimum Gasteiger partial charge on any atom is -0.378 e. The molecule has 1 aromatic heterocycles. The largest absolute Gasteiger partial charge is 0.378 e. The lowest BCUT2D eigenvalue weighted by Gasteiger charge is -2.26. The number of halogens is 1. The lowest BCUT2D eigenvalue weighted by atomic mass is 10.0. The summed E-state index contributed by atoms with van der Waals surface area (Å²) in [4.78, 5) is 8.41. The van der Waals surface area contributed by atoms with Crippen molar-refractivity contribution in [1.82, 2.24) is 4.98 Å².